The average molecular weight is 391 g/mol. The molecule has 0 fully saturated rings. The highest BCUT2D eigenvalue weighted by Crippen LogP contribution is 2.55. The van der Waals surface area contributed by atoms with Crippen molar-refractivity contribution >= 4 is 17.7 Å². The van der Waals surface area contributed by atoms with Gasteiger partial charge in [-0.25, -0.2) is 0 Å². The third-order valence-corrected chi connectivity index (χ3v) is 6.03. The number of allylic oxidation sites excluding steroid dienone is 3. The zero-order chi connectivity index (χ0) is 20.3. The second-order valence-electron chi connectivity index (χ2n) is 6.54. The van der Waals surface area contributed by atoms with Crippen molar-refractivity contribution in [3.8, 4) is 24.0 Å². The summed E-state index contributed by atoms with van der Waals surface area (Å²) in [6, 6.07) is 13.1. The first-order valence-corrected chi connectivity index (χ1v) is 9.66. The number of ether oxygens (including phenoxy) is 1. The molecule has 1 aromatic rings. The van der Waals surface area contributed by atoms with Gasteiger partial charge in [-0.15, -0.1) is 0 Å². The molecule has 28 heavy (non-hydrogen) atoms. The lowest BCUT2D eigenvalue weighted by Gasteiger charge is -2.43. The number of hydrogen-bond acceptors (Lipinski definition) is 7. The van der Waals surface area contributed by atoms with Crippen molar-refractivity contribution in [1.82, 2.24) is 0 Å². The number of hydrogen-bond donors (Lipinski definition) is 2. The maximum atomic E-state index is 11.0. The number of nitrogens with zero attached hydrogens (tertiary/aromatic N) is 3. The van der Waals surface area contributed by atoms with Crippen molar-refractivity contribution in [2.75, 3.05) is 18.1 Å². The fourth-order valence-electron chi connectivity index (χ4n) is 3.81. The lowest BCUT2D eigenvalue weighted by molar-refractivity contribution is -0.119. The Morgan fingerprint density at radius 3 is 2.71 bits per heavy atom. The summed E-state index contributed by atoms with van der Waals surface area (Å²) >= 11 is 1.67. The first-order chi connectivity index (χ1) is 13.5. The highest BCUT2D eigenvalue weighted by Gasteiger charge is 2.53. The predicted octanol–water partition coefficient (Wildman–Crippen LogP) is 1.71. The van der Waals surface area contributed by atoms with Crippen molar-refractivity contribution in [1.29, 1.82) is 15.8 Å². The maximum Gasteiger partial charge on any atom is 0.255 e. The Bertz CT molecular complexity index is 995. The molecule has 0 spiro atoms. The second-order valence-corrected chi connectivity index (χ2v) is 7.62. The first kappa shape index (κ1) is 19.4. The summed E-state index contributed by atoms with van der Waals surface area (Å²) in [5.74, 6) is 0.411. The van der Waals surface area contributed by atoms with E-state index >= 15 is 0 Å². The Balaban J connectivity index is 2.18. The SMILES string of the molecule is N#CC1=C(N)C(C#N)(C#N)[C@@H](c2cccc(OCC(N)=O)c2)[C@H]2CSCC=C12. The van der Waals surface area contributed by atoms with E-state index in [0.29, 0.717) is 17.1 Å². The minimum atomic E-state index is -1.67. The molecular weight excluding hydrogens is 374 g/mol. The van der Waals surface area contributed by atoms with Crippen LogP contribution in [0.15, 0.2) is 47.2 Å². The van der Waals surface area contributed by atoms with Gasteiger partial charge in [0, 0.05) is 23.3 Å². The molecule has 2 atom stereocenters. The number of thioether (sulfide) groups is 1. The van der Waals surface area contributed by atoms with Gasteiger partial charge in [0.25, 0.3) is 5.91 Å². The molecule has 0 bridgehead atoms. The summed E-state index contributed by atoms with van der Waals surface area (Å²) in [5, 5.41) is 29.6. The van der Waals surface area contributed by atoms with Crippen LogP contribution in [0.1, 0.15) is 11.5 Å². The number of amides is 1. The number of nitriles is 3. The molecule has 0 saturated carbocycles. The molecule has 0 saturated heterocycles. The first-order valence-electron chi connectivity index (χ1n) is 8.50. The van der Waals surface area contributed by atoms with Crippen LogP contribution in [0, 0.1) is 45.3 Å². The van der Waals surface area contributed by atoms with E-state index in [0.717, 1.165) is 11.3 Å². The molecule has 0 radical (unpaired) electrons. The monoisotopic (exact) mass is 391 g/mol. The van der Waals surface area contributed by atoms with Gasteiger partial charge in [-0.3, -0.25) is 4.79 Å². The van der Waals surface area contributed by atoms with Crippen molar-refractivity contribution in [3.63, 3.8) is 0 Å². The van der Waals surface area contributed by atoms with Gasteiger partial charge in [0.2, 0.25) is 0 Å². The third-order valence-electron chi connectivity index (χ3n) is 5.03. The average Bonchev–Trinajstić information content (AvgIpc) is 2.71. The summed E-state index contributed by atoms with van der Waals surface area (Å²) in [7, 11) is 0. The Hall–Kier alpha value is -3.41. The van der Waals surface area contributed by atoms with Crippen LogP contribution < -0.4 is 16.2 Å². The van der Waals surface area contributed by atoms with E-state index < -0.39 is 17.2 Å². The van der Waals surface area contributed by atoms with Crippen molar-refractivity contribution in [2.45, 2.75) is 5.92 Å². The van der Waals surface area contributed by atoms with Crippen LogP contribution >= 0.6 is 11.8 Å². The Morgan fingerprint density at radius 2 is 2.07 bits per heavy atom. The van der Waals surface area contributed by atoms with E-state index in [-0.39, 0.29) is 23.8 Å². The molecule has 1 aromatic carbocycles. The molecule has 8 heteroatoms. The highest BCUT2D eigenvalue weighted by molar-refractivity contribution is 7.99. The molecule has 1 amide bonds. The van der Waals surface area contributed by atoms with E-state index in [1.54, 1.807) is 36.0 Å². The predicted molar refractivity (Wildman–Crippen MR) is 103 cm³/mol. The number of carbonyl (C=O) groups excluding carboxylic acids is 1. The molecule has 7 nitrogen and oxygen atoms in total. The van der Waals surface area contributed by atoms with Crippen LogP contribution in [0.2, 0.25) is 0 Å². The molecule has 0 aromatic heterocycles. The zero-order valence-corrected chi connectivity index (χ0v) is 15.7. The molecule has 2 aliphatic rings. The maximum absolute atomic E-state index is 11.0. The second kappa shape index (κ2) is 7.68. The number of primary amides is 1. The Labute approximate surface area is 166 Å². The summed E-state index contributed by atoms with van der Waals surface area (Å²) < 4.78 is 5.38. The quantitative estimate of drug-likeness (QED) is 0.793. The molecule has 4 N–H and O–H groups in total. The Kier molecular flexibility index (Phi) is 5.31. The molecule has 1 aliphatic carbocycles. The normalized spacial score (nSPS) is 22.7. The number of nitrogens with two attached hydrogens (primary N) is 2. The lowest BCUT2D eigenvalue weighted by Crippen LogP contribution is -2.43. The molecule has 1 aliphatic heterocycles. The van der Waals surface area contributed by atoms with Crippen LogP contribution in [0.3, 0.4) is 0 Å². The summed E-state index contributed by atoms with van der Waals surface area (Å²) in [6.45, 7) is -0.277. The van der Waals surface area contributed by atoms with Gasteiger partial charge < -0.3 is 16.2 Å². The smallest absolute Gasteiger partial charge is 0.255 e. The standard InChI is InChI=1S/C20H17N5O2S/c21-7-15-14-4-5-28-9-16(14)18(20(10-22,11-23)19(15)25)12-2-1-3-13(6-12)27-8-17(24)26/h1-4,6,16,18H,5,8-9,25H2,(H2,24,26)/t16-,18-/m0/s1. The molecule has 3 rings (SSSR count). The van der Waals surface area contributed by atoms with Crippen LogP contribution in [-0.4, -0.2) is 24.0 Å². The summed E-state index contributed by atoms with van der Waals surface area (Å²) in [5.41, 5.74) is 11.4. The topological polar surface area (TPSA) is 150 Å². The van der Waals surface area contributed by atoms with E-state index in [1.807, 2.05) is 6.08 Å². The molecule has 0 unspecified atom stereocenters. The van der Waals surface area contributed by atoms with Gasteiger partial charge >= 0.3 is 0 Å². The minimum absolute atomic E-state index is 0.0112. The van der Waals surface area contributed by atoms with E-state index in [4.69, 9.17) is 16.2 Å². The number of carbonyl (C=O) groups is 1. The van der Waals surface area contributed by atoms with E-state index in [2.05, 4.69) is 18.2 Å². The van der Waals surface area contributed by atoms with Gasteiger partial charge in [0.1, 0.15) is 11.8 Å². The molecule has 140 valence electrons. The van der Waals surface area contributed by atoms with E-state index in [1.165, 1.54) is 0 Å². The number of benzene rings is 1. The lowest BCUT2D eigenvalue weighted by atomic mass is 9.59. The van der Waals surface area contributed by atoms with Gasteiger partial charge in [0.05, 0.1) is 23.4 Å². The Morgan fingerprint density at radius 1 is 1.32 bits per heavy atom. The molecular formula is C20H17N5O2S. The van der Waals surface area contributed by atoms with Crippen molar-refractivity contribution in [3.05, 3.63) is 52.7 Å². The van der Waals surface area contributed by atoms with Gasteiger partial charge in [-0.1, -0.05) is 18.2 Å². The zero-order valence-electron chi connectivity index (χ0n) is 14.9. The highest BCUT2D eigenvalue weighted by atomic mass is 32.2. The van der Waals surface area contributed by atoms with Crippen LogP contribution in [0.25, 0.3) is 0 Å². The van der Waals surface area contributed by atoms with E-state index in [9.17, 15) is 20.6 Å². The van der Waals surface area contributed by atoms with Gasteiger partial charge in [-0.05, 0) is 23.3 Å². The number of fused-ring (bicyclic) bond motifs is 1. The largest absolute Gasteiger partial charge is 0.484 e. The van der Waals surface area contributed by atoms with Crippen LogP contribution in [0.4, 0.5) is 0 Å². The third kappa shape index (κ3) is 3.07. The van der Waals surface area contributed by atoms with Gasteiger partial charge in [-0.2, -0.15) is 27.5 Å². The minimum Gasteiger partial charge on any atom is -0.484 e. The summed E-state index contributed by atoms with van der Waals surface area (Å²) in [4.78, 5) is 11.0. The van der Waals surface area contributed by atoms with Crippen LogP contribution in [-0.2, 0) is 4.79 Å². The molecule has 1 heterocycles. The van der Waals surface area contributed by atoms with Crippen molar-refractivity contribution in [2.24, 2.45) is 22.8 Å². The summed E-state index contributed by atoms with van der Waals surface area (Å²) in [6.07, 6.45) is 1.95. The number of rotatable bonds is 4. The van der Waals surface area contributed by atoms with Crippen molar-refractivity contribution < 1.29 is 9.53 Å². The fraction of sp³-hybridized carbons (Fsp3) is 0.300. The fourth-order valence-corrected chi connectivity index (χ4v) is 4.87. The van der Waals surface area contributed by atoms with Gasteiger partial charge in [0.15, 0.2) is 12.0 Å². The van der Waals surface area contributed by atoms with Crippen LogP contribution in [0.5, 0.6) is 5.75 Å².